The van der Waals surface area contributed by atoms with E-state index in [9.17, 15) is 14.4 Å². The molecule has 3 N–H and O–H groups in total. The lowest BCUT2D eigenvalue weighted by molar-refractivity contribution is -0.124. The maximum absolute atomic E-state index is 12.7. The van der Waals surface area contributed by atoms with Crippen LogP contribution >= 0.6 is 11.5 Å². The number of benzene rings is 1. The normalized spacial score (nSPS) is 24.7. The smallest absolute Gasteiger partial charge is 0.253 e. The Balaban J connectivity index is 1.23. The Hall–Kier alpha value is -2.48. The quantitative estimate of drug-likeness (QED) is 0.682. The van der Waals surface area contributed by atoms with Crippen LogP contribution in [-0.4, -0.2) is 40.7 Å². The summed E-state index contributed by atoms with van der Waals surface area (Å²) >= 11 is 1.34. The fourth-order valence-electron chi connectivity index (χ4n) is 4.50. The summed E-state index contributed by atoms with van der Waals surface area (Å²) in [6.45, 7) is 0.712. The Bertz CT molecular complexity index is 920. The van der Waals surface area contributed by atoms with Crippen LogP contribution in [0.5, 0.6) is 0 Å². The van der Waals surface area contributed by atoms with E-state index in [0.717, 1.165) is 48.6 Å². The van der Waals surface area contributed by atoms with E-state index >= 15 is 0 Å². The van der Waals surface area contributed by atoms with Crippen LogP contribution in [0.3, 0.4) is 0 Å². The number of fused-ring (bicyclic) bond motifs is 1. The molecule has 1 saturated heterocycles. The molecule has 3 amide bonds. The van der Waals surface area contributed by atoms with Crippen molar-refractivity contribution >= 4 is 39.3 Å². The largest absolute Gasteiger partial charge is 0.356 e. The molecule has 1 aliphatic heterocycles. The maximum Gasteiger partial charge on any atom is 0.253 e. The zero-order chi connectivity index (χ0) is 20.9. The molecule has 0 bridgehead atoms. The molecular weight excluding hydrogens is 400 g/mol. The molecule has 1 aliphatic carbocycles. The van der Waals surface area contributed by atoms with Crippen molar-refractivity contribution in [3.63, 3.8) is 0 Å². The molecule has 2 aromatic rings. The van der Waals surface area contributed by atoms with Crippen molar-refractivity contribution in [2.45, 2.75) is 63.5 Å². The Morgan fingerprint density at radius 2 is 1.87 bits per heavy atom. The van der Waals surface area contributed by atoms with Crippen LogP contribution in [0.2, 0.25) is 0 Å². The van der Waals surface area contributed by atoms with Gasteiger partial charge in [-0.05, 0) is 62.0 Å². The van der Waals surface area contributed by atoms with E-state index in [0.29, 0.717) is 24.9 Å². The predicted octanol–water partition coefficient (Wildman–Crippen LogP) is 2.76. The zero-order valence-corrected chi connectivity index (χ0v) is 17.8. The fraction of sp³-hybridized carbons (Fsp3) is 0.545. The van der Waals surface area contributed by atoms with Crippen LogP contribution < -0.4 is 16.0 Å². The molecule has 0 spiro atoms. The van der Waals surface area contributed by atoms with Crippen LogP contribution in [0.15, 0.2) is 24.4 Å². The van der Waals surface area contributed by atoms with Gasteiger partial charge in [0, 0.05) is 43.1 Å². The summed E-state index contributed by atoms with van der Waals surface area (Å²) < 4.78 is 5.10. The molecule has 1 aromatic heterocycles. The first-order chi connectivity index (χ1) is 14.6. The van der Waals surface area contributed by atoms with E-state index in [1.807, 2.05) is 18.2 Å². The third-order valence-corrected chi connectivity index (χ3v) is 6.96. The Kier molecular flexibility index (Phi) is 6.62. The van der Waals surface area contributed by atoms with Gasteiger partial charge in [0.15, 0.2) is 0 Å². The number of hydrogen-bond donors (Lipinski definition) is 3. The van der Waals surface area contributed by atoms with Gasteiger partial charge in [-0.15, -0.1) is 0 Å². The van der Waals surface area contributed by atoms with Gasteiger partial charge in [-0.3, -0.25) is 14.4 Å². The van der Waals surface area contributed by atoms with Gasteiger partial charge in [0.1, 0.15) is 0 Å². The highest BCUT2D eigenvalue weighted by Gasteiger charge is 2.26. The van der Waals surface area contributed by atoms with E-state index in [4.69, 9.17) is 0 Å². The average molecular weight is 429 g/mol. The lowest BCUT2D eigenvalue weighted by Crippen LogP contribution is -2.44. The zero-order valence-electron chi connectivity index (χ0n) is 17.0. The molecule has 160 valence electrons. The number of nitrogens with one attached hydrogen (secondary N) is 3. The van der Waals surface area contributed by atoms with Crippen molar-refractivity contribution in [2.75, 3.05) is 6.54 Å². The molecule has 30 heavy (non-hydrogen) atoms. The van der Waals surface area contributed by atoms with Gasteiger partial charge in [0.25, 0.3) is 5.91 Å². The van der Waals surface area contributed by atoms with Crippen molar-refractivity contribution in [3.8, 4) is 0 Å². The summed E-state index contributed by atoms with van der Waals surface area (Å²) in [5, 5.41) is 10.1. The number of nitrogens with zero attached hydrogens (tertiary/aromatic N) is 1. The van der Waals surface area contributed by atoms with E-state index in [1.165, 1.54) is 11.5 Å². The SMILES string of the molecule is O=C1CC(CC(=O)NC2CCC(NC(=O)c3cccc4cnsc34)CC2)CCCN1. The van der Waals surface area contributed by atoms with Crippen LogP contribution in [0.25, 0.3) is 10.1 Å². The van der Waals surface area contributed by atoms with Gasteiger partial charge in [-0.2, -0.15) is 4.37 Å². The summed E-state index contributed by atoms with van der Waals surface area (Å²) in [6, 6.07) is 5.96. The average Bonchev–Trinajstić information content (AvgIpc) is 3.12. The summed E-state index contributed by atoms with van der Waals surface area (Å²) in [5.74, 6) is 0.177. The number of rotatable bonds is 5. The molecule has 2 heterocycles. The molecule has 7 nitrogen and oxygen atoms in total. The van der Waals surface area contributed by atoms with Crippen LogP contribution in [-0.2, 0) is 9.59 Å². The third kappa shape index (κ3) is 5.16. The van der Waals surface area contributed by atoms with Crippen molar-refractivity contribution in [1.82, 2.24) is 20.3 Å². The molecule has 2 fully saturated rings. The molecule has 4 rings (SSSR count). The highest BCUT2D eigenvalue weighted by atomic mass is 32.1. The fourth-order valence-corrected chi connectivity index (χ4v) is 5.25. The Morgan fingerprint density at radius 1 is 1.10 bits per heavy atom. The number of aromatic nitrogens is 1. The van der Waals surface area contributed by atoms with Crippen LogP contribution in [0.1, 0.15) is 61.7 Å². The minimum atomic E-state index is -0.0519. The third-order valence-electron chi connectivity index (χ3n) is 6.11. The maximum atomic E-state index is 12.7. The van der Waals surface area contributed by atoms with Gasteiger partial charge >= 0.3 is 0 Å². The van der Waals surface area contributed by atoms with Crippen molar-refractivity contribution in [2.24, 2.45) is 5.92 Å². The van der Waals surface area contributed by atoms with Gasteiger partial charge in [-0.1, -0.05) is 12.1 Å². The van der Waals surface area contributed by atoms with E-state index in [-0.39, 0.29) is 35.7 Å². The predicted molar refractivity (Wildman–Crippen MR) is 116 cm³/mol. The van der Waals surface area contributed by atoms with Gasteiger partial charge < -0.3 is 16.0 Å². The minimum Gasteiger partial charge on any atom is -0.356 e. The topological polar surface area (TPSA) is 100 Å². The highest BCUT2D eigenvalue weighted by molar-refractivity contribution is 7.13. The molecule has 1 saturated carbocycles. The second-order valence-corrected chi connectivity index (χ2v) is 9.21. The molecular formula is C22H28N4O3S. The van der Waals surface area contributed by atoms with Crippen molar-refractivity contribution in [3.05, 3.63) is 30.0 Å². The molecule has 1 aromatic carbocycles. The Morgan fingerprint density at radius 3 is 2.67 bits per heavy atom. The first-order valence-corrected chi connectivity index (χ1v) is 11.6. The number of carbonyl (C=O) groups is 3. The number of amides is 3. The second kappa shape index (κ2) is 9.55. The first kappa shape index (κ1) is 20.8. The molecule has 1 unspecified atom stereocenters. The molecule has 2 aliphatic rings. The number of hydrogen-bond acceptors (Lipinski definition) is 5. The molecule has 1 atom stereocenters. The minimum absolute atomic E-state index is 0.0408. The van der Waals surface area contributed by atoms with Crippen molar-refractivity contribution in [1.29, 1.82) is 0 Å². The molecule has 0 radical (unpaired) electrons. The Labute approximate surface area is 180 Å². The van der Waals surface area contributed by atoms with E-state index < -0.39 is 0 Å². The van der Waals surface area contributed by atoms with Crippen LogP contribution in [0.4, 0.5) is 0 Å². The number of carbonyl (C=O) groups excluding carboxylic acids is 3. The summed E-state index contributed by atoms with van der Waals surface area (Å²) in [4.78, 5) is 36.8. The standard InChI is InChI=1S/C22H28N4O3S/c27-19-11-14(3-2-10-23-19)12-20(28)25-16-6-8-17(9-7-16)26-22(29)18-5-1-4-15-13-24-30-21(15)18/h1,4-5,13-14,16-17H,2-3,6-12H2,(H,23,27)(H,25,28)(H,26,29). The van der Waals surface area contributed by atoms with Crippen molar-refractivity contribution < 1.29 is 14.4 Å². The summed E-state index contributed by atoms with van der Waals surface area (Å²) in [7, 11) is 0. The van der Waals surface area contributed by atoms with E-state index in [1.54, 1.807) is 6.20 Å². The van der Waals surface area contributed by atoms with Crippen LogP contribution in [0, 0.1) is 5.92 Å². The summed E-state index contributed by atoms with van der Waals surface area (Å²) in [6.07, 6.45) is 7.90. The van der Waals surface area contributed by atoms with Gasteiger partial charge in [0.05, 0.1) is 10.3 Å². The lowest BCUT2D eigenvalue weighted by Gasteiger charge is -2.30. The lowest BCUT2D eigenvalue weighted by atomic mass is 9.90. The molecule has 8 heteroatoms. The summed E-state index contributed by atoms with van der Waals surface area (Å²) in [5.41, 5.74) is 0.679. The van der Waals surface area contributed by atoms with E-state index in [2.05, 4.69) is 20.3 Å². The van der Waals surface area contributed by atoms with Gasteiger partial charge in [-0.25, -0.2) is 0 Å². The second-order valence-electron chi connectivity index (χ2n) is 8.41. The van der Waals surface area contributed by atoms with Gasteiger partial charge in [0.2, 0.25) is 11.8 Å². The monoisotopic (exact) mass is 428 g/mol. The highest BCUT2D eigenvalue weighted by Crippen LogP contribution is 2.24. The first-order valence-electron chi connectivity index (χ1n) is 10.8.